The van der Waals surface area contributed by atoms with Crippen LogP contribution >= 0.6 is 23.4 Å². The number of para-hydroxylation sites is 1. The van der Waals surface area contributed by atoms with Crippen molar-refractivity contribution in [3.05, 3.63) is 29.6 Å². The molecule has 0 radical (unpaired) electrons. The lowest BCUT2D eigenvalue weighted by Crippen LogP contribution is -2.10. The first-order valence-electron chi connectivity index (χ1n) is 7.26. The summed E-state index contributed by atoms with van der Waals surface area (Å²) in [4.78, 5) is 4.83. The highest BCUT2D eigenvalue weighted by Gasteiger charge is 2.29. The Balaban J connectivity index is 2.13. The van der Waals surface area contributed by atoms with E-state index in [1.165, 1.54) is 30.3 Å². The van der Waals surface area contributed by atoms with Gasteiger partial charge in [-0.15, -0.1) is 11.6 Å². The fourth-order valence-electron chi connectivity index (χ4n) is 3.31. The lowest BCUT2D eigenvalue weighted by Gasteiger charge is -2.18. The van der Waals surface area contributed by atoms with Gasteiger partial charge in [0.15, 0.2) is 0 Å². The van der Waals surface area contributed by atoms with E-state index in [0.717, 1.165) is 16.6 Å². The first-order chi connectivity index (χ1) is 9.61. The number of alkyl halides is 1. The smallest absolute Gasteiger partial charge is 0.127 e. The highest BCUT2D eigenvalue weighted by molar-refractivity contribution is 7.99. The molecule has 108 valence electrons. The van der Waals surface area contributed by atoms with Crippen LogP contribution in [0.4, 0.5) is 0 Å². The van der Waals surface area contributed by atoms with Gasteiger partial charge >= 0.3 is 0 Å². The van der Waals surface area contributed by atoms with Gasteiger partial charge in [-0.25, -0.2) is 4.98 Å². The number of halogens is 1. The fourth-order valence-corrected chi connectivity index (χ4v) is 4.25. The lowest BCUT2D eigenvalue weighted by molar-refractivity contribution is 0.511. The van der Waals surface area contributed by atoms with E-state index in [1.54, 1.807) is 0 Å². The lowest BCUT2D eigenvalue weighted by atomic mass is 10.2. The number of rotatable bonds is 3. The van der Waals surface area contributed by atoms with Gasteiger partial charge in [0.2, 0.25) is 0 Å². The molecule has 1 aliphatic rings. The third kappa shape index (κ3) is 2.35. The Kier molecular flexibility index (Phi) is 4.00. The molecule has 3 unspecified atom stereocenters. The van der Waals surface area contributed by atoms with E-state index < -0.39 is 0 Å². The van der Waals surface area contributed by atoms with Gasteiger partial charge in [-0.2, -0.15) is 11.8 Å². The molecule has 1 aromatic heterocycles. The number of hydrogen-bond acceptors (Lipinski definition) is 2. The second-order valence-corrected chi connectivity index (χ2v) is 7.52. The molecule has 1 aromatic carbocycles. The summed E-state index contributed by atoms with van der Waals surface area (Å²) in [5.74, 6) is 1.03. The summed E-state index contributed by atoms with van der Waals surface area (Å²) in [6, 6.07) is 6.99. The van der Waals surface area contributed by atoms with Crippen molar-refractivity contribution < 1.29 is 0 Å². The third-order valence-corrected chi connectivity index (χ3v) is 5.65. The Morgan fingerprint density at radius 1 is 1.40 bits per heavy atom. The maximum Gasteiger partial charge on any atom is 0.127 e. The molecule has 3 rings (SSSR count). The summed E-state index contributed by atoms with van der Waals surface area (Å²) in [6.07, 6.45) is 5.99. The number of hydrogen-bond donors (Lipinski definition) is 0. The van der Waals surface area contributed by atoms with Gasteiger partial charge in [-0.1, -0.05) is 12.1 Å². The van der Waals surface area contributed by atoms with Gasteiger partial charge in [0.25, 0.3) is 0 Å². The molecule has 2 nitrogen and oxygen atoms in total. The highest BCUT2D eigenvalue weighted by Crippen LogP contribution is 2.40. The van der Waals surface area contributed by atoms with Gasteiger partial charge < -0.3 is 4.57 Å². The average molecular weight is 309 g/mol. The van der Waals surface area contributed by atoms with E-state index in [9.17, 15) is 0 Å². The molecular formula is C16H21ClN2S. The Labute approximate surface area is 129 Å². The largest absolute Gasteiger partial charge is 0.324 e. The average Bonchev–Trinajstić information content (AvgIpc) is 3.02. The Morgan fingerprint density at radius 3 is 2.85 bits per heavy atom. The van der Waals surface area contributed by atoms with Crippen LogP contribution in [-0.4, -0.2) is 21.1 Å². The minimum absolute atomic E-state index is 0.0462. The summed E-state index contributed by atoms with van der Waals surface area (Å²) in [7, 11) is 0. The van der Waals surface area contributed by atoms with Gasteiger partial charge in [-0.3, -0.25) is 0 Å². The van der Waals surface area contributed by atoms with Crippen LogP contribution in [0.3, 0.4) is 0 Å². The van der Waals surface area contributed by atoms with E-state index in [4.69, 9.17) is 16.6 Å². The predicted molar refractivity (Wildman–Crippen MR) is 88.9 cm³/mol. The minimum atomic E-state index is -0.0462. The van der Waals surface area contributed by atoms with E-state index in [-0.39, 0.29) is 5.38 Å². The number of thioether (sulfide) groups is 1. The van der Waals surface area contributed by atoms with Crippen molar-refractivity contribution >= 4 is 34.4 Å². The Hall–Kier alpha value is -0.670. The van der Waals surface area contributed by atoms with E-state index in [2.05, 4.69) is 35.9 Å². The fraction of sp³-hybridized carbons (Fsp3) is 0.562. The molecule has 1 saturated carbocycles. The van der Waals surface area contributed by atoms with Crippen LogP contribution in [0.25, 0.3) is 11.0 Å². The van der Waals surface area contributed by atoms with Crippen molar-refractivity contribution in [3.8, 4) is 0 Å². The molecule has 4 heteroatoms. The van der Waals surface area contributed by atoms with Crippen molar-refractivity contribution in [1.29, 1.82) is 0 Å². The van der Waals surface area contributed by atoms with Crippen LogP contribution in [0, 0.1) is 6.92 Å². The number of aromatic nitrogens is 2. The number of fused-ring (bicyclic) bond motifs is 1. The summed E-state index contributed by atoms with van der Waals surface area (Å²) >= 11 is 8.38. The monoisotopic (exact) mass is 308 g/mol. The van der Waals surface area contributed by atoms with Gasteiger partial charge in [0.1, 0.15) is 5.82 Å². The normalized spacial score (nSPS) is 24.4. The Bertz CT molecular complexity index is 620. The third-order valence-electron chi connectivity index (χ3n) is 4.36. The SMILES string of the molecule is CSC1CCC(n2c(C(C)Cl)nc3c(C)cccc32)C1. The van der Waals surface area contributed by atoms with Gasteiger partial charge in [-0.05, 0) is 51.0 Å². The second kappa shape index (κ2) is 5.61. The van der Waals surface area contributed by atoms with Crippen LogP contribution in [0.15, 0.2) is 18.2 Å². The molecule has 0 amide bonds. The zero-order valence-corrected chi connectivity index (χ0v) is 13.8. The first-order valence-corrected chi connectivity index (χ1v) is 8.98. The molecule has 20 heavy (non-hydrogen) atoms. The molecule has 2 aromatic rings. The molecule has 0 aliphatic heterocycles. The minimum Gasteiger partial charge on any atom is -0.324 e. The van der Waals surface area contributed by atoms with Crippen LogP contribution in [0.5, 0.6) is 0 Å². The maximum absolute atomic E-state index is 6.39. The zero-order valence-electron chi connectivity index (χ0n) is 12.3. The van der Waals surface area contributed by atoms with Crippen LogP contribution < -0.4 is 0 Å². The van der Waals surface area contributed by atoms with E-state index >= 15 is 0 Å². The molecule has 0 saturated heterocycles. The zero-order chi connectivity index (χ0) is 14.3. The maximum atomic E-state index is 6.39. The molecule has 0 bridgehead atoms. The molecule has 0 N–H and O–H groups in total. The van der Waals surface area contributed by atoms with E-state index in [0.29, 0.717) is 6.04 Å². The van der Waals surface area contributed by atoms with Gasteiger partial charge in [0, 0.05) is 11.3 Å². The number of aryl methyl sites for hydroxylation is 1. The molecular weight excluding hydrogens is 288 g/mol. The topological polar surface area (TPSA) is 17.8 Å². The van der Waals surface area contributed by atoms with Crippen LogP contribution in [-0.2, 0) is 0 Å². The van der Waals surface area contributed by atoms with Crippen molar-refractivity contribution in [2.45, 2.75) is 49.8 Å². The summed E-state index contributed by atoms with van der Waals surface area (Å²) < 4.78 is 2.41. The van der Waals surface area contributed by atoms with Crippen LogP contribution in [0.1, 0.15) is 49.0 Å². The van der Waals surface area contributed by atoms with Crippen molar-refractivity contribution in [2.75, 3.05) is 6.26 Å². The number of nitrogens with zero attached hydrogens (tertiary/aromatic N) is 2. The standard InChI is InChI=1S/C16H21ClN2S/c1-10-5-4-6-14-15(10)18-16(11(2)17)19(14)12-7-8-13(9-12)20-3/h4-6,11-13H,7-9H2,1-3H3. The summed E-state index contributed by atoms with van der Waals surface area (Å²) in [6.45, 7) is 4.15. The molecule has 1 fully saturated rings. The summed E-state index contributed by atoms with van der Waals surface area (Å²) in [5.41, 5.74) is 3.60. The molecule has 0 spiro atoms. The quantitative estimate of drug-likeness (QED) is 0.734. The Morgan fingerprint density at radius 2 is 2.20 bits per heavy atom. The molecule has 1 heterocycles. The van der Waals surface area contributed by atoms with Gasteiger partial charge in [0.05, 0.1) is 16.4 Å². The number of imidazole rings is 1. The molecule has 1 aliphatic carbocycles. The molecule has 3 atom stereocenters. The predicted octanol–water partition coefficient (Wildman–Crippen LogP) is 5.10. The van der Waals surface area contributed by atoms with Crippen molar-refractivity contribution in [2.24, 2.45) is 0 Å². The summed E-state index contributed by atoms with van der Waals surface area (Å²) in [5, 5.41) is 0.732. The van der Waals surface area contributed by atoms with Crippen LogP contribution in [0.2, 0.25) is 0 Å². The van der Waals surface area contributed by atoms with Crippen molar-refractivity contribution in [1.82, 2.24) is 9.55 Å². The first kappa shape index (κ1) is 14.3. The van der Waals surface area contributed by atoms with E-state index in [1.807, 2.05) is 18.7 Å². The second-order valence-electron chi connectivity index (χ2n) is 5.72. The number of benzene rings is 1. The van der Waals surface area contributed by atoms with Crippen molar-refractivity contribution in [3.63, 3.8) is 0 Å². The highest BCUT2D eigenvalue weighted by atomic mass is 35.5.